The van der Waals surface area contributed by atoms with Gasteiger partial charge in [-0.25, -0.2) is 0 Å². The number of nitrogens with zero attached hydrogens (tertiary/aromatic N) is 2. The molecular formula is C35H26N2O7. The molecule has 4 aromatic carbocycles. The van der Waals surface area contributed by atoms with Gasteiger partial charge in [0.15, 0.2) is 28.8 Å². The molecule has 4 aromatic rings. The summed E-state index contributed by atoms with van der Waals surface area (Å²) in [6.45, 7) is 0. The predicted octanol–water partition coefficient (Wildman–Crippen LogP) is 5.93. The smallest absolute Gasteiger partial charge is 0.270 e. The normalized spacial score (nSPS) is 20.7. The maximum Gasteiger partial charge on any atom is 0.270 e. The summed E-state index contributed by atoms with van der Waals surface area (Å²) in [5, 5.41) is 11.7. The second kappa shape index (κ2) is 10.0. The molecule has 1 saturated heterocycles. The van der Waals surface area contributed by atoms with E-state index in [9.17, 15) is 24.5 Å². The highest BCUT2D eigenvalue weighted by Crippen LogP contribution is 2.62. The van der Waals surface area contributed by atoms with E-state index in [-0.39, 0.29) is 22.8 Å². The summed E-state index contributed by atoms with van der Waals surface area (Å²) in [5.41, 5.74) is 0.609. The number of hydrogen-bond donors (Lipinski definition) is 0. The molecule has 218 valence electrons. The predicted molar refractivity (Wildman–Crippen MR) is 163 cm³/mol. The molecule has 7 rings (SSSR count). The Kier molecular flexibility index (Phi) is 6.21. The van der Waals surface area contributed by atoms with E-state index in [1.54, 1.807) is 42.5 Å². The van der Waals surface area contributed by atoms with Crippen LogP contribution in [0.2, 0.25) is 0 Å². The van der Waals surface area contributed by atoms with Crippen LogP contribution in [0.1, 0.15) is 48.1 Å². The van der Waals surface area contributed by atoms with Crippen molar-refractivity contribution >= 4 is 34.8 Å². The fraction of sp³-hybridized carbons (Fsp3) is 0.171. The Bertz CT molecular complexity index is 1890. The molecule has 0 radical (unpaired) electrons. The highest BCUT2D eigenvalue weighted by molar-refractivity contribution is 6.32. The largest absolute Gasteiger partial charge is 0.493 e. The SMILES string of the molecule is COc1cccc([C@@H]2[C@@H](C(=O)c3cccc([N+](=O)[O-])c3)N3c4ccccc4C=C[C@H]3C23C(=O)c2ccccc2C3=O)c1OC. The summed E-state index contributed by atoms with van der Waals surface area (Å²) < 4.78 is 11.5. The Labute approximate surface area is 252 Å². The first-order valence-corrected chi connectivity index (χ1v) is 14.1. The minimum absolute atomic E-state index is 0.0920. The highest BCUT2D eigenvalue weighted by Gasteiger charge is 2.72. The van der Waals surface area contributed by atoms with E-state index in [0.717, 1.165) is 5.56 Å². The molecule has 0 saturated carbocycles. The van der Waals surface area contributed by atoms with Crippen molar-refractivity contribution in [1.82, 2.24) is 0 Å². The molecule has 9 heteroatoms. The number of benzene rings is 4. The molecule has 3 aliphatic rings. The van der Waals surface area contributed by atoms with Crippen LogP contribution in [-0.4, -0.2) is 48.6 Å². The van der Waals surface area contributed by atoms with Crippen LogP contribution in [0.25, 0.3) is 6.08 Å². The van der Waals surface area contributed by atoms with E-state index in [0.29, 0.717) is 33.9 Å². The van der Waals surface area contributed by atoms with Gasteiger partial charge < -0.3 is 14.4 Å². The topological polar surface area (TPSA) is 116 Å². The minimum atomic E-state index is -1.76. The summed E-state index contributed by atoms with van der Waals surface area (Å²) in [6.07, 6.45) is 3.70. The van der Waals surface area contributed by atoms with Gasteiger partial charge in [0, 0.05) is 46.0 Å². The number of nitro benzene ring substituents is 1. The number of carbonyl (C=O) groups is 3. The number of ketones is 3. The van der Waals surface area contributed by atoms with Gasteiger partial charge in [-0.15, -0.1) is 0 Å². The number of fused-ring (bicyclic) bond motifs is 5. The van der Waals surface area contributed by atoms with Gasteiger partial charge in [0.05, 0.1) is 25.2 Å². The number of carbonyl (C=O) groups excluding carboxylic acids is 3. The number of hydrogen-bond acceptors (Lipinski definition) is 8. The lowest BCUT2D eigenvalue weighted by atomic mass is 9.64. The molecule has 44 heavy (non-hydrogen) atoms. The number of Topliss-reactive ketones (excluding diaryl/α,β-unsaturated/α-hetero) is 3. The Morgan fingerprint density at radius 2 is 1.55 bits per heavy atom. The van der Waals surface area contributed by atoms with Gasteiger partial charge in [-0.3, -0.25) is 24.5 Å². The van der Waals surface area contributed by atoms with Crippen LogP contribution in [0.5, 0.6) is 11.5 Å². The summed E-state index contributed by atoms with van der Waals surface area (Å²) in [6, 6.07) is 22.9. The first-order valence-electron chi connectivity index (χ1n) is 14.1. The van der Waals surface area contributed by atoms with Crippen LogP contribution in [0, 0.1) is 15.5 Å². The van der Waals surface area contributed by atoms with Gasteiger partial charge in [0.25, 0.3) is 5.69 Å². The van der Waals surface area contributed by atoms with Crippen molar-refractivity contribution in [3.63, 3.8) is 0 Å². The zero-order chi connectivity index (χ0) is 30.7. The monoisotopic (exact) mass is 586 g/mol. The number of para-hydroxylation sites is 2. The van der Waals surface area contributed by atoms with E-state index >= 15 is 0 Å². The molecule has 1 fully saturated rings. The maximum absolute atomic E-state index is 14.9. The second-order valence-electron chi connectivity index (χ2n) is 11.0. The molecule has 9 nitrogen and oxygen atoms in total. The van der Waals surface area contributed by atoms with Crippen molar-refractivity contribution in [2.75, 3.05) is 19.1 Å². The third-order valence-corrected chi connectivity index (χ3v) is 9.09. The van der Waals surface area contributed by atoms with Gasteiger partial charge >= 0.3 is 0 Å². The lowest BCUT2D eigenvalue weighted by molar-refractivity contribution is -0.384. The molecule has 1 aliphatic carbocycles. The number of nitro groups is 1. The van der Waals surface area contributed by atoms with Crippen molar-refractivity contribution in [3.8, 4) is 11.5 Å². The van der Waals surface area contributed by atoms with Crippen molar-refractivity contribution in [2.45, 2.75) is 18.0 Å². The van der Waals surface area contributed by atoms with Crippen molar-refractivity contribution in [2.24, 2.45) is 5.41 Å². The zero-order valence-corrected chi connectivity index (χ0v) is 23.8. The first kappa shape index (κ1) is 27.3. The number of rotatable bonds is 6. The van der Waals surface area contributed by atoms with Crippen LogP contribution in [0.3, 0.4) is 0 Å². The van der Waals surface area contributed by atoms with Crippen molar-refractivity contribution in [1.29, 1.82) is 0 Å². The van der Waals surface area contributed by atoms with Crippen molar-refractivity contribution < 1.29 is 28.8 Å². The average Bonchev–Trinajstić information content (AvgIpc) is 3.49. The third kappa shape index (κ3) is 3.55. The van der Waals surface area contributed by atoms with E-state index in [1.165, 1.54) is 38.5 Å². The van der Waals surface area contributed by atoms with Gasteiger partial charge in [-0.1, -0.05) is 78.9 Å². The molecule has 0 unspecified atom stereocenters. The number of ether oxygens (including phenoxy) is 2. The number of methoxy groups -OCH3 is 2. The molecular weight excluding hydrogens is 560 g/mol. The molecule has 2 heterocycles. The van der Waals surface area contributed by atoms with Crippen LogP contribution in [0.15, 0.2) is 97.1 Å². The minimum Gasteiger partial charge on any atom is -0.493 e. The zero-order valence-electron chi connectivity index (χ0n) is 23.8. The quantitative estimate of drug-likeness (QED) is 0.118. The summed E-state index contributed by atoms with van der Waals surface area (Å²) >= 11 is 0. The maximum atomic E-state index is 14.9. The standard InChI is InChI=1S/C35H26N2O7/c1-43-27-16-8-14-25(32(27)44-2)29-30(31(38)21-10-7-11-22(19-21)37(41)42)36-26-15-6-3-9-20(26)17-18-28(36)35(29)33(39)23-12-4-5-13-24(23)34(35)40/h3-19,28-30H,1-2H3/t28-,29+,30-/m0/s1. The summed E-state index contributed by atoms with van der Waals surface area (Å²) in [7, 11) is 2.96. The molecule has 0 aromatic heterocycles. The molecule has 3 atom stereocenters. The van der Waals surface area contributed by atoms with Crippen LogP contribution in [-0.2, 0) is 0 Å². The fourth-order valence-electron chi connectivity index (χ4n) is 7.36. The van der Waals surface area contributed by atoms with Crippen LogP contribution in [0.4, 0.5) is 11.4 Å². The van der Waals surface area contributed by atoms with Gasteiger partial charge in [0.2, 0.25) is 0 Å². The lowest BCUT2D eigenvalue weighted by Gasteiger charge is -2.37. The van der Waals surface area contributed by atoms with Gasteiger partial charge in [-0.05, 0) is 17.7 Å². The Balaban J connectivity index is 1.58. The van der Waals surface area contributed by atoms with E-state index in [2.05, 4.69) is 0 Å². The van der Waals surface area contributed by atoms with E-state index < -0.39 is 34.1 Å². The Morgan fingerprint density at radius 1 is 0.864 bits per heavy atom. The average molecular weight is 587 g/mol. The summed E-state index contributed by atoms with van der Waals surface area (Å²) in [5.74, 6) is -1.63. The number of anilines is 1. The second-order valence-corrected chi connectivity index (χ2v) is 11.0. The van der Waals surface area contributed by atoms with Crippen LogP contribution < -0.4 is 14.4 Å². The Hall–Kier alpha value is -5.57. The van der Waals surface area contributed by atoms with Gasteiger partial charge in [0.1, 0.15) is 11.5 Å². The Morgan fingerprint density at radius 3 is 2.23 bits per heavy atom. The van der Waals surface area contributed by atoms with Crippen LogP contribution >= 0.6 is 0 Å². The molecule has 0 amide bonds. The third-order valence-electron chi connectivity index (χ3n) is 9.09. The lowest BCUT2D eigenvalue weighted by Crippen LogP contribution is -2.48. The van der Waals surface area contributed by atoms with Gasteiger partial charge in [-0.2, -0.15) is 0 Å². The molecule has 2 aliphatic heterocycles. The highest BCUT2D eigenvalue weighted by atomic mass is 16.6. The number of non-ortho nitro benzene ring substituents is 1. The fourth-order valence-corrected chi connectivity index (χ4v) is 7.36. The van der Waals surface area contributed by atoms with E-state index in [4.69, 9.17) is 9.47 Å². The molecule has 0 N–H and O–H groups in total. The van der Waals surface area contributed by atoms with E-state index in [1.807, 2.05) is 41.3 Å². The summed E-state index contributed by atoms with van der Waals surface area (Å²) in [4.78, 5) is 57.5. The molecule has 0 bridgehead atoms. The first-order chi connectivity index (χ1) is 21.3. The molecule has 1 spiro atoms. The van der Waals surface area contributed by atoms with Crippen molar-refractivity contribution in [3.05, 3.63) is 135 Å².